The van der Waals surface area contributed by atoms with Gasteiger partial charge >= 0.3 is 0 Å². The lowest BCUT2D eigenvalue weighted by atomic mass is 10.1. The summed E-state index contributed by atoms with van der Waals surface area (Å²) in [6.45, 7) is 0.396. The van der Waals surface area contributed by atoms with Crippen LogP contribution in [0.25, 0.3) is 16.8 Å². The molecular weight excluding hydrogens is 307 g/mol. The van der Waals surface area contributed by atoms with Gasteiger partial charge in [-0.15, -0.1) is 0 Å². The smallest absolute Gasteiger partial charge is 0.265 e. The van der Waals surface area contributed by atoms with E-state index in [-0.39, 0.29) is 11.4 Å². The maximum absolute atomic E-state index is 13.0. The Kier molecular flexibility index (Phi) is 3.42. The van der Waals surface area contributed by atoms with Gasteiger partial charge in [-0.2, -0.15) is 10.2 Å². The molecule has 0 spiro atoms. The number of hydrogen-bond acceptors (Lipinski definition) is 3. The first-order valence-corrected chi connectivity index (χ1v) is 7.46. The molecule has 0 aliphatic rings. The van der Waals surface area contributed by atoms with Gasteiger partial charge in [0.1, 0.15) is 17.7 Å². The summed E-state index contributed by atoms with van der Waals surface area (Å²) >= 11 is 0. The number of nitrogens with zero attached hydrogens (tertiary/aromatic N) is 4. The molecule has 0 amide bonds. The van der Waals surface area contributed by atoms with Gasteiger partial charge in [-0.3, -0.25) is 4.79 Å². The molecule has 0 atom stereocenters. The molecule has 2 aromatic carbocycles. The maximum atomic E-state index is 13.0. The summed E-state index contributed by atoms with van der Waals surface area (Å²) in [5, 5.41) is 8.51. The zero-order valence-corrected chi connectivity index (χ0v) is 12.6. The van der Waals surface area contributed by atoms with Gasteiger partial charge in [0, 0.05) is 5.56 Å². The molecular formula is C18H13FN4O. The van der Waals surface area contributed by atoms with Crippen molar-refractivity contribution in [3.05, 3.63) is 88.7 Å². The van der Waals surface area contributed by atoms with Crippen molar-refractivity contribution < 1.29 is 4.39 Å². The number of hydrogen-bond donors (Lipinski definition) is 0. The van der Waals surface area contributed by atoms with Crippen molar-refractivity contribution in [2.45, 2.75) is 6.54 Å². The van der Waals surface area contributed by atoms with E-state index >= 15 is 0 Å². The molecule has 0 aliphatic heterocycles. The van der Waals surface area contributed by atoms with Gasteiger partial charge in [-0.25, -0.2) is 13.6 Å². The van der Waals surface area contributed by atoms with Crippen LogP contribution in [0, 0.1) is 5.82 Å². The van der Waals surface area contributed by atoms with Crippen molar-refractivity contribution in [2.24, 2.45) is 0 Å². The van der Waals surface area contributed by atoms with Crippen LogP contribution in [0.1, 0.15) is 5.56 Å². The number of fused-ring (bicyclic) bond motifs is 1. The summed E-state index contributed by atoms with van der Waals surface area (Å²) in [4.78, 5) is 12.6. The lowest BCUT2D eigenvalue weighted by Crippen LogP contribution is -2.25. The third kappa shape index (κ3) is 2.58. The van der Waals surface area contributed by atoms with Gasteiger partial charge in [0.2, 0.25) is 0 Å². The summed E-state index contributed by atoms with van der Waals surface area (Å²) < 4.78 is 15.9. The van der Waals surface area contributed by atoms with Crippen LogP contribution in [0.15, 0.2) is 71.8 Å². The Balaban J connectivity index is 1.76. The molecule has 118 valence electrons. The molecule has 6 heteroatoms. The van der Waals surface area contributed by atoms with Gasteiger partial charge in [0.05, 0.1) is 12.2 Å². The molecule has 4 rings (SSSR count). The van der Waals surface area contributed by atoms with E-state index in [0.717, 1.165) is 11.1 Å². The van der Waals surface area contributed by atoms with Crippen LogP contribution < -0.4 is 5.56 Å². The number of halogens is 1. The van der Waals surface area contributed by atoms with E-state index in [1.54, 1.807) is 18.2 Å². The largest absolute Gasteiger partial charge is 0.293 e. The van der Waals surface area contributed by atoms with Crippen molar-refractivity contribution in [2.75, 3.05) is 0 Å². The van der Waals surface area contributed by atoms with Gasteiger partial charge in [0.25, 0.3) is 5.56 Å². The van der Waals surface area contributed by atoms with Crippen LogP contribution in [0.5, 0.6) is 0 Å². The molecule has 0 saturated heterocycles. The second-order valence-corrected chi connectivity index (χ2v) is 5.45. The highest BCUT2D eigenvalue weighted by molar-refractivity contribution is 5.65. The van der Waals surface area contributed by atoms with E-state index in [4.69, 9.17) is 0 Å². The number of aromatic nitrogens is 4. The average Bonchev–Trinajstić information content (AvgIpc) is 3.04. The molecule has 24 heavy (non-hydrogen) atoms. The predicted molar refractivity (Wildman–Crippen MR) is 88.2 cm³/mol. The van der Waals surface area contributed by atoms with Crippen LogP contribution in [0.4, 0.5) is 4.39 Å². The van der Waals surface area contributed by atoms with Crippen molar-refractivity contribution in [3.8, 4) is 11.3 Å². The first kappa shape index (κ1) is 14.3. The molecule has 0 bridgehead atoms. The van der Waals surface area contributed by atoms with Crippen molar-refractivity contribution in [1.82, 2.24) is 19.4 Å². The molecule has 0 radical (unpaired) electrons. The highest BCUT2D eigenvalue weighted by Gasteiger charge is 2.10. The average molecular weight is 320 g/mol. The molecule has 0 saturated carbocycles. The standard InChI is InChI=1S/C18H13FN4O/c19-15-8-6-14(7-9-15)16-10-17-18(24)22(20-12-23(17)21-16)11-13-4-2-1-3-5-13/h1-10,12H,11H2. The lowest BCUT2D eigenvalue weighted by molar-refractivity contribution is 0.620. The molecule has 0 N–H and O–H groups in total. The highest BCUT2D eigenvalue weighted by atomic mass is 19.1. The molecule has 5 nitrogen and oxygen atoms in total. The summed E-state index contributed by atoms with van der Waals surface area (Å²) in [6, 6.07) is 17.3. The molecule has 2 heterocycles. The van der Waals surface area contributed by atoms with E-state index in [1.165, 1.54) is 27.7 Å². The summed E-state index contributed by atoms with van der Waals surface area (Å²) in [7, 11) is 0. The third-order valence-corrected chi connectivity index (χ3v) is 3.80. The number of benzene rings is 2. The predicted octanol–water partition coefficient (Wildman–Crippen LogP) is 2.75. The fraction of sp³-hybridized carbons (Fsp3) is 0.0556. The van der Waals surface area contributed by atoms with E-state index in [9.17, 15) is 9.18 Å². The summed E-state index contributed by atoms with van der Waals surface area (Å²) in [5.74, 6) is -0.311. The van der Waals surface area contributed by atoms with Gasteiger partial charge in [0.15, 0.2) is 0 Å². The van der Waals surface area contributed by atoms with Crippen molar-refractivity contribution in [1.29, 1.82) is 0 Å². The van der Waals surface area contributed by atoms with Gasteiger partial charge in [-0.1, -0.05) is 30.3 Å². The Morgan fingerprint density at radius 1 is 1.00 bits per heavy atom. The summed E-state index contributed by atoms with van der Waals surface area (Å²) in [6.07, 6.45) is 1.51. The first-order chi connectivity index (χ1) is 11.7. The Morgan fingerprint density at radius 3 is 2.50 bits per heavy atom. The van der Waals surface area contributed by atoms with Crippen LogP contribution in [0.2, 0.25) is 0 Å². The Hall–Kier alpha value is -3.28. The van der Waals surface area contributed by atoms with E-state index in [1.807, 2.05) is 30.3 Å². The monoisotopic (exact) mass is 320 g/mol. The van der Waals surface area contributed by atoms with Crippen LogP contribution >= 0.6 is 0 Å². The Morgan fingerprint density at radius 2 is 1.75 bits per heavy atom. The topological polar surface area (TPSA) is 52.2 Å². The second kappa shape index (κ2) is 5.73. The molecule has 2 aromatic heterocycles. The maximum Gasteiger partial charge on any atom is 0.293 e. The minimum absolute atomic E-state index is 0.220. The Labute approximate surface area is 136 Å². The van der Waals surface area contributed by atoms with Crippen LogP contribution in [-0.4, -0.2) is 19.4 Å². The SMILES string of the molecule is O=c1c2cc(-c3ccc(F)cc3)nn2cnn1Cc1ccccc1. The van der Waals surface area contributed by atoms with E-state index in [0.29, 0.717) is 17.8 Å². The third-order valence-electron chi connectivity index (χ3n) is 3.80. The molecule has 0 fully saturated rings. The normalized spacial score (nSPS) is 11.0. The minimum Gasteiger partial charge on any atom is -0.265 e. The summed E-state index contributed by atoms with van der Waals surface area (Å²) in [5.41, 5.74) is 2.55. The molecule has 0 unspecified atom stereocenters. The fourth-order valence-electron chi connectivity index (χ4n) is 2.57. The van der Waals surface area contributed by atoms with Crippen molar-refractivity contribution >= 4 is 5.52 Å². The molecule has 0 aliphatic carbocycles. The van der Waals surface area contributed by atoms with E-state index in [2.05, 4.69) is 10.2 Å². The van der Waals surface area contributed by atoms with E-state index < -0.39 is 0 Å². The molecule has 4 aromatic rings. The first-order valence-electron chi connectivity index (χ1n) is 7.46. The zero-order valence-electron chi connectivity index (χ0n) is 12.6. The zero-order chi connectivity index (χ0) is 16.5. The van der Waals surface area contributed by atoms with Crippen LogP contribution in [0.3, 0.4) is 0 Å². The minimum atomic E-state index is -0.311. The van der Waals surface area contributed by atoms with Gasteiger partial charge < -0.3 is 0 Å². The van der Waals surface area contributed by atoms with Crippen molar-refractivity contribution in [3.63, 3.8) is 0 Å². The highest BCUT2D eigenvalue weighted by Crippen LogP contribution is 2.18. The Bertz CT molecular complexity index is 1050. The lowest BCUT2D eigenvalue weighted by Gasteiger charge is -2.04. The number of rotatable bonds is 3. The fourth-order valence-corrected chi connectivity index (χ4v) is 2.57. The van der Waals surface area contributed by atoms with Gasteiger partial charge in [-0.05, 0) is 35.9 Å². The quantitative estimate of drug-likeness (QED) is 0.583. The van der Waals surface area contributed by atoms with Crippen LogP contribution in [-0.2, 0) is 6.54 Å². The second-order valence-electron chi connectivity index (χ2n) is 5.45.